The van der Waals surface area contributed by atoms with Crippen LogP contribution in [0.4, 0.5) is 4.39 Å². The van der Waals surface area contributed by atoms with Gasteiger partial charge >= 0.3 is 0 Å². The molecule has 2 N–H and O–H groups in total. The molecule has 6 heteroatoms. The highest BCUT2D eigenvalue weighted by atomic mass is 127. The Hall–Kier alpha value is -0.890. The van der Waals surface area contributed by atoms with Crippen molar-refractivity contribution in [3.63, 3.8) is 0 Å². The Bertz CT molecular complexity index is 469. The van der Waals surface area contributed by atoms with Crippen molar-refractivity contribution in [3.8, 4) is 0 Å². The topological polar surface area (TPSA) is 45.7 Å². The van der Waals surface area contributed by atoms with Gasteiger partial charge in [0.25, 0.3) is 0 Å². The van der Waals surface area contributed by atoms with E-state index in [4.69, 9.17) is 4.74 Å². The molecule has 0 saturated heterocycles. The summed E-state index contributed by atoms with van der Waals surface area (Å²) in [4.78, 5) is 4.51. The van der Waals surface area contributed by atoms with E-state index in [1.54, 1.807) is 6.07 Å². The fourth-order valence-electron chi connectivity index (χ4n) is 2.10. The minimum atomic E-state index is -0.182. The minimum absolute atomic E-state index is 0. The third-order valence-corrected chi connectivity index (χ3v) is 3.26. The summed E-state index contributed by atoms with van der Waals surface area (Å²) in [6.45, 7) is 9.80. The lowest BCUT2D eigenvalue weighted by atomic mass is 10.1. The van der Waals surface area contributed by atoms with Gasteiger partial charge in [-0.3, -0.25) is 4.99 Å². The van der Waals surface area contributed by atoms with Gasteiger partial charge in [-0.15, -0.1) is 24.0 Å². The highest BCUT2D eigenvalue weighted by Gasteiger charge is 2.01. The number of rotatable bonds is 9. The average molecular weight is 437 g/mol. The van der Waals surface area contributed by atoms with Gasteiger partial charge in [-0.25, -0.2) is 4.39 Å². The molecule has 0 fully saturated rings. The number of hydrogen-bond donors (Lipinski definition) is 2. The van der Waals surface area contributed by atoms with Crippen molar-refractivity contribution in [3.05, 3.63) is 35.1 Å². The fraction of sp³-hybridized carbons (Fsp3) is 0.588. The van der Waals surface area contributed by atoms with Gasteiger partial charge in [-0.2, -0.15) is 0 Å². The molecule has 0 heterocycles. The Morgan fingerprint density at radius 3 is 2.70 bits per heavy atom. The zero-order valence-corrected chi connectivity index (χ0v) is 16.7. The quantitative estimate of drug-likeness (QED) is 0.270. The Labute approximate surface area is 156 Å². The smallest absolute Gasteiger partial charge is 0.191 e. The number of guanidine groups is 1. The van der Waals surface area contributed by atoms with Crippen LogP contribution in [-0.2, 0) is 11.2 Å². The molecule has 0 spiro atoms. The molecule has 0 unspecified atom stereocenters. The van der Waals surface area contributed by atoms with E-state index in [1.165, 1.54) is 6.07 Å². The number of aryl methyl sites for hydroxylation is 1. The Balaban J connectivity index is 0.00000484. The van der Waals surface area contributed by atoms with Crippen molar-refractivity contribution in [2.24, 2.45) is 4.99 Å². The Morgan fingerprint density at radius 1 is 1.26 bits per heavy atom. The molecule has 1 rings (SSSR count). The number of nitrogens with one attached hydrogen (secondary N) is 2. The molecular weight excluding hydrogens is 408 g/mol. The van der Waals surface area contributed by atoms with Crippen LogP contribution >= 0.6 is 24.0 Å². The van der Waals surface area contributed by atoms with Crippen molar-refractivity contribution in [1.29, 1.82) is 0 Å². The highest BCUT2D eigenvalue weighted by Crippen LogP contribution is 2.10. The SMILES string of the molecule is CCNC(=NCCCOCC)NCCc1ccc(F)cc1C.I. The standard InChI is InChI=1S/C17H28FN3O.HI/c1-4-19-17(20-10-6-12-22-5-2)21-11-9-15-7-8-16(18)13-14(15)3;/h7-8,13H,4-6,9-12H2,1-3H3,(H2,19,20,21);1H. The normalized spacial score (nSPS) is 11.0. The first kappa shape index (κ1) is 22.1. The molecule has 0 aliphatic heterocycles. The van der Waals surface area contributed by atoms with Crippen LogP contribution in [0.2, 0.25) is 0 Å². The van der Waals surface area contributed by atoms with Gasteiger partial charge < -0.3 is 15.4 Å². The summed E-state index contributed by atoms with van der Waals surface area (Å²) in [6.07, 6.45) is 1.76. The fourth-order valence-corrected chi connectivity index (χ4v) is 2.10. The van der Waals surface area contributed by atoms with E-state index in [0.29, 0.717) is 0 Å². The average Bonchev–Trinajstić information content (AvgIpc) is 2.49. The van der Waals surface area contributed by atoms with E-state index in [-0.39, 0.29) is 29.8 Å². The molecule has 0 aliphatic carbocycles. The van der Waals surface area contributed by atoms with Crippen LogP contribution in [0.5, 0.6) is 0 Å². The maximum atomic E-state index is 13.1. The van der Waals surface area contributed by atoms with Crippen LogP contribution in [0, 0.1) is 12.7 Å². The van der Waals surface area contributed by atoms with Gasteiger partial charge in [0.1, 0.15) is 5.82 Å². The summed E-state index contributed by atoms with van der Waals surface area (Å²) >= 11 is 0. The first-order valence-electron chi connectivity index (χ1n) is 8.02. The zero-order valence-electron chi connectivity index (χ0n) is 14.3. The van der Waals surface area contributed by atoms with E-state index in [2.05, 4.69) is 15.6 Å². The molecule has 4 nitrogen and oxygen atoms in total. The van der Waals surface area contributed by atoms with Crippen LogP contribution in [0.1, 0.15) is 31.4 Å². The lowest BCUT2D eigenvalue weighted by Crippen LogP contribution is -2.38. The number of benzene rings is 1. The second-order valence-electron chi connectivity index (χ2n) is 5.06. The Morgan fingerprint density at radius 2 is 2.04 bits per heavy atom. The number of nitrogens with zero attached hydrogens (tertiary/aromatic N) is 1. The molecular formula is C17H29FIN3O. The molecule has 0 aliphatic rings. The van der Waals surface area contributed by atoms with Crippen LogP contribution in [-0.4, -0.2) is 38.8 Å². The molecule has 0 radical (unpaired) electrons. The molecule has 1 aromatic carbocycles. The first-order chi connectivity index (χ1) is 10.7. The van der Waals surface area contributed by atoms with E-state index >= 15 is 0 Å². The van der Waals surface area contributed by atoms with Crippen LogP contribution < -0.4 is 10.6 Å². The van der Waals surface area contributed by atoms with Crippen molar-refractivity contribution < 1.29 is 9.13 Å². The van der Waals surface area contributed by atoms with Gasteiger partial charge in [0.2, 0.25) is 0 Å². The van der Waals surface area contributed by atoms with Crippen molar-refractivity contribution in [2.45, 2.75) is 33.6 Å². The molecule has 23 heavy (non-hydrogen) atoms. The van der Waals surface area contributed by atoms with Gasteiger partial charge in [-0.05, 0) is 56.9 Å². The summed E-state index contributed by atoms with van der Waals surface area (Å²) in [6, 6.07) is 4.93. The highest BCUT2D eigenvalue weighted by molar-refractivity contribution is 14.0. The summed E-state index contributed by atoms with van der Waals surface area (Å²) in [5.41, 5.74) is 2.14. The lowest BCUT2D eigenvalue weighted by Gasteiger charge is -2.12. The van der Waals surface area contributed by atoms with Crippen molar-refractivity contribution in [2.75, 3.05) is 32.8 Å². The van der Waals surface area contributed by atoms with Gasteiger partial charge in [0, 0.05) is 32.8 Å². The predicted octanol–water partition coefficient (Wildman–Crippen LogP) is 3.28. The number of halogens is 2. The maximum Gasteiger partial charge on any atom is 0.191 e. The Kier molecular flexibility index (Phi) is 13.0. The molecule has 0 aromatic heterocycles. The molecule has 0 amide bonds. The van der Waals surface area contributed by atoms with Crippen molar-refractivity contribution in [1.82, 2.24) is 10.6 Å². The van der Waals surface area contributed by atoms with Crippen LogP contribution in [0.25, 0.3) is 0 Å². The number of hydrogen-bond acceptors (Lipinski definition) is 2. The number of ether oxygens (including phenoxy) is 1. The minimum Gasteiger partial charge on any atom is -0.382 e. The molecule has 132 valence electrons. The predicted molar refractivity (Wildman–Crippen MR) is 105 cm³/mol. The van der Waals surface area contributed by atoms with Gasteiger partial charge in [-0.1, -0.05) is 6.07 Å². The van der Waals surface area contributed by atoms with E-state index < -0.39 is 0 Å². The van der Waals surface area contributed by atoms with Gasteiger partial charge in [0.15, 0.2) is 5.96 Å². The number of aliphatic imine (C=N–C) groups is 1. The molecule has 0 bridgehead atoms. The van der Waals surface area contributed by atoms with Crippen LogP contribution in [0.3, 0.4) is 0 Å². The summed E-state index contributed by atoms with van der Waals surface area (Å²) in [5.74, 6) is 0.636. The summed E-state index contributed by atoms with van der Waals surface area (Å²) in [7, 11) is 0. The molecule has 0 atom stereocenters. The zero-order chi connectivity index (χ0) is 16.2. The third kappa shape index (κ3) is 9.76. The third-order valence-electron chi connectivity index (χ3n) is 3.26. The maximum absolute atomic E-state index is 13.1. The molecule has 1 aromatic rings. The van der Waals surface area contributed by atoms with Gasteiger partial charge in [0.05, 0.1) is 0 Å². The summed E-state index contributed by atoms with van der Waals surface area (Å²) < 4.78 is 18.4. The van der Waals surface area contributed by atoms with E-state index in [1.807, 2.05) is 26.8 Å². The summed E-state index contributed by atoms with van der Waals surface area (Å²) in [5, 5.41) is 6.53. The second kappa shape index (κ2) is 13.5. The lowest BCUT2D eigenvalue weighted by molar-refractivity contribution is 0.146. The van der Waals surface area contributed by atoms with E-state index in [0.717, 1.165) is 62.8 Å². The van der Waals surface area contributed by atoms with Crippen molar-refractivity contribution >= 4 is 29.9 Å². The first-order valence-corrected chi connectivity index (χ1v) is 8.02. The molecule has 0 saturated carbocycles. The van der Waals surface area contributed by atoms with Crippen LogP contribution in [0.15, 0.2) is 23.2 Å². The monoisotopic (exact) mass is 437 g/mol. The largest absolute Gasteiger partial charge is 0.382 e. The second-order valence-corrected chi connectivity index (χ2v) is 5.06. The van der Waals surface area contributed by atoms with E-state index in [9.17, 15) is 4.39 Å².